The van der Waals surface area contributed by atoms with E-state index in [0.29, 0.717) is 17.5 Å². The summed E-state index contributed by atoms with van der Waals surface area (Å²) in [5.74, 6) is 1.93. The molecule has 0 spiro atoms. The van der Waals surface area contributed by atoms with Crippen LogP contribution in [0.3, 0.4) is 0 Å². The second kappa shape index (κ2) is 11.7. The quantitative estimate of drug-likeness (QED) is 0.184. The predicted octanol–water partition coefficient (Wildman–Crippen LogP) is 11.9. The summed E-state index contributed by atoms with van der Waals surface area (Å²) in [6.07, 6.45) is 0. The molecule has 4 nitrogen and oxygen atoms in total. The van der Waals surface area contributed by atoms with Crippen LogP contribution in [0.4, 0.5) is 0 Å². The van der Waals surface area contributed by atoms with Crippen molar-refractivity contribution in [3.05, 3.63) is 181 Å². The molecule has 0 N–H and O–H groups in total. The molecule has 0 amide bonds. The van der Waals surface area contributed by atoms with Crippen LogP contribution in [-0.4, -0.2) is 19.5 Å². The largest absolute Gasteiger partial charge is 0.309 e. The Balaban J connectivity index is 1.11. The summed E-state index contributed by atoms with van der Waals surface area (Å²) in [7, 11) is 0. The molecular weight excluding hydrogens is 633 g/mol. The minimum atomic E-state index is -0.0597. The molecule has 246 valence electrons. The number of benzene rings is 7. The highest BCUT2D eigenvalue weighted by Gasteiger charge is 2.37. The number of para-hydroxylation sites is 1. The van der Waals surface area contributed by atoms with E-state index in [2.05, 4.69) is 152 Å². The summed E-state index contributed by atoms with van der Waals surface area (Å²) >= 11 is 0. The third-order valence-corrected chi connectivity index (χ3v) is 10.7. The fraction of sp³-hybridized carbons (Fsp3) is 0.0625. The first-order valence-electron chi connectivity index (χ1n) is 17.8. The highest BCUT2D eigenvalue weighted by Crippen LogP contribution is 2.53. The van der Waals surface area contributed by atoms with E-state index in [0.717, 1.165) is 33.5 Å². The van der Waals surface area contributed by atoms with Crippen molar-refractivity contribution in [3.63, 3.8) is 0 Å². The summed E-state index contributed by atoms with van der Waals surface area (Å²) in [6.45, 7) is 4.69. The van der Waals surface area contributed by atoms with Gasteiger partial charge in [-0.15, -0.1) is 0 Å². The van der Waals surface area contributed by atoms with Crippen molar-refractivity contribution in [2.75, 3.05) is 0 Å². The molecule has 0 saturated heterocycles. The van der Waals surface area contributed by atoms with E-state index in [-0.39, 0.29) is 5.41 Å². The molecule has 1 aliphatic carbocycles. The normalized spacial score (nSPS) is 13.0. The van der Waals surface area contributed by atoms with Gasteiger partial charge in [-0.05, 0) is 75.8 Å². The molecule has 0 saturated carbocycles. The van der Waals surface area contributed by atoms with Gasteiger partial charge in [0.05, 0.1) is 11.0 Å². The van der Waals surface area contributed by atoms with Gasteiger partial charge in [-0.2, -0.15) is 0 Å². The van der Waals surface area contributed by atoms with Gasteiger partial charge in [0.1, 0.15) is 0 Å². The third kappa shape index (κ3) is 4.72. The van der Waals surface area contributed by atoms with Crippen LogP contribution in [0.1, 0.15) is 25.0 Å². The Hall–Kier alpha value is -6.65. The Bertz CT molecular complexity index is 2800. The van der Waals surface area contributed by atoms with Gasteiger partial charge in [-0.25, -0.2) is 15.0 Å². The molecule has 0 atom stereocenters. The van der Waals surface area contributed by atoms with Crippen molar-refractivity contribution < 1.29 is 0 Å². The first-order valence-corrected chi connectivity index (χ1v) is 17.8. The molecule has 2 heterocycles. The molecule has 0 unspecified atom stereocenters. The average Bonchev–Trinajstić information content (AvgIpc) is 3.67. The van der Waals surface area contributed by atoms with Crippen LogP contribution in [-0.2, 0) is 5.41 Å². The van der Waals surface area contributed by atoms with Crippen LogP contribution < -0.4 is 0 Å². The Morgan fingerprint density at radius 3 is 1.75 bits per heavy atom. The Morgan fingerprint density at radius 1 is 0.423 bits per heavy atom. The maximum atomic E-state index is 5.07. The molecule has 1 aliphatic rings. The number of nitrogens with zero attached hydrogens (tertiary/aromatic N) is 4. The van der Waals surface area contributed by atoms with Crippen LogP contribution in [0.15, 0.2) is 170 Å². The van der Waals surface area contributed by atoms with Gasteiger partial charge >= 0.3 is 0 Å². The molecule has 9 aromatic rings. The molecule has 7 aromatic carbocycles. The van der Waals surface area contributed by atoms with Crippen molar-refractivity contribution in [3.8, 4) is 62.1 Å². The minimum Gasteiger partial charge on any atom is -0.309 e. The highest BCUT2D eigenvalue weighted by atomic mass is 15.0. The molecule has 52 heavy (non-hydrogen) atoms. The predicted molar refractivity (Wildman–Crippen MR) is 213 cm³/mol. The zero-order valence-electron chi connectivity index (χ0n) is 29.0. The topological polar surface area (TPSA) is 43.6 Å². The average molecular weight is 667 g/mol. The third-order valence-electron chi connectivity index (χ3n) is 10.7. The summed E-state index contributed by atoms with van der Waals surface area (Å²) in [6, 6.07) is 59.9. The number of hydrogen-bond donors (Lipinski definition) is 0. The van der Waals surface area contributed by atoms with Gasteiger partial charge < -0.3 is 4.57 Å². The molecule has 0 radical (unpaired) electrons. The van der Waals surface area contributed by atoms with Gasteiger partial charge in [0.2, 0.25) is 0 Å². The Morgan fingerprint density at radius 2 is 1.00 bits per heavy atom. The summed E-state index contributed by atoms with van der Waals surface area (Å²) in [4.78, 5) is 15.1. The zero-order chi connectivity index (χ0) is 34.8. The highest BCUT2D eigenvalue weighted by molar-refractivity contribution is 6.17. The smallest absolute Gasteiger partial charge is 0.164 e. The summed E-state index contributed by atoms with van der Waals surface area (Å²) in [5.41, 5.74) is 14.0. The van der Waals surface area contributed by atoms with Crippen LogP contribution in [0, 0.1) is 0 Å². The van der Waals surface area contributed by atoms with Gasteiger partial charge in [0.25, 0.3) is 0 Å². The van der Waals surface area contributed by atoms with E-state index < -0.39 is 0 Å². The molecular formula is C48H34N4. The van der Waals surface area contributed by atoms with Gasteiger partial charge in [-0.3, -0.25) is 0 Å². The first-order chi connectivity index (χ1) is 25.5. The van der Waals surface area contributed by atoms with Gasteiger partial charge in [-0.1, -0.05) is 141 Å². The van der Waals surface area contributed by atoms with E-state index >= 15 is 0 Å². The minimum absolute atomic E-state index is 0.0597. The molecule has 10 rings (SSSR count). The van der Waals surface area contributed by atoms with E-state index in [4.69, 9.17) is 15.0 Å². The monoisotopic (exact) mass is 666 g/mol. The van der Waals surface area contributed by atoms with Gasteiger partial charge in [0.15, 0.2) is 17.5 Å². The Labute approximate surface area is 302 Å². The van der Waals surface area contributed by atoms with Gasteiger partial charge in [0, 0.05) is 38.6 Å². The van der Waals surface area contributed by atoms with E-state index in [1.54, 1.807) is 0 Å². The van der Waals surface area contributed by atoms with E-state index in [9.17, 15) is 0 Å². The maximum absolute atomic E-state index is 5.07. The first kappa shape index (κ1) is 30.2. The van der Waals surface area contributed by atoms with Crippen molar-refractivity contribution >= 4 is 21.8 Å². The second-order valence-corrected chi connectivity index (χ2v) is 14.1. The SMILES string of the molecule is CC1(C)c2ccccc2-c2c1ccc1c2c2ccccc2n1-c1ccc(-c2nc(-c3ccccc3)nc(-c3cccc(-c4ccccc4)c3)n2)cc1. The van der Waals surface area contributed by atoms with Crippen LogP contribution in [0.5, 0.6) is 0 Å². The molecule has 4 heteroatoms. The van der Waals surface area contributed by atoms with E-state index in [1.165, 1.54) is 44.1 Å². The fourth-order valence-corrected chi connectivity index (χ4v) is 8.11. The van der Waals surface area contributed by atoms with Crippen molar-refractivity contribution in [2.45, 2.75) is 19.3 Å². The van der Waals surface area contributed by atoms with Crippen molar-refractivity contribution in [2.24, 2.45) is 0 Å². The Kier molecular flexibility index (Phi) is 6.80. The molecule has 0 aliphatic heterocycles. The number of fused-ring (bicyclic) bond motifs is 7. The van der Waals surface area contributed by atoms with Crippen molar-refractivity contribution in [1.29, 1.82) is 0 Å². The zero-order valence-corrected chi connectivity index (χ0v) is 29.0. The number of hydrogen-bond acceptors (Lipinski definition) is 3. The van der Waals surface area contributed by atoms with Crippen LogP contribution in [0.2, 0.25) is 0 Å². The summed E-state index contributed by atoms with van der Waals surface area (Å²) in [5, 5.41) is 2.57. The molecule has 0 fully saturated rings. The lowest BCUT2D eigenvalue weighted by atomic mass is 9.82. The van der Waals surface area contributed by atoms with E-state index in [1.807, 2.05) is 36.4 Å². The molecule has 0 bridgehead atoms. The van der Waals surface area contributed by atoms with Crippen molar-refractivity contribution in [1.82, 2.24) is 19.5 Å². The lowest BCUT2D eigenvalue weighted by Crippen LogP contribution is -2.14. The lowest BCUT2D eigenvalue weighted by molar-refractivity contribution is 0.661. The van der Waals surface area contributed by atoms with Crippen LogP contribution in [0.25, 0.3) is 83.9 Å². The lowest BCUT2D eigenvalue weighted by Gasteiger charge is -2.21. The maximum Gasteiger partial charge on any atom is 0.164 e. The second-order valence-electron chi connectivity index (χ2n) is 14.1. The number of rotatable bonds is 5. The molecule has 2 aromatic heterocycles. The standard InChI is InChI=1S/C48H34N4/c1-48(2)39-22-11-9-20-37(39)43-40(48)28-29-42-44(43)38-21-10-12-23-41(38)52(42)36-26-24-33(25-27-36)46-49-45(32-16-7-4-8-17-32)50-47(51-46)35-19-13-18-34(30-35)31-14-5-3-6-15-31/h3-30H,1-2H3. The summed E-state index contributed by atoms with van der Waals surface area (Å²) < 4.78 is 2.39. The fourth-order valence-electron chi connectivity index (χ4n) is 8.11. The number of aromatic nitrogens is 4. The van der Waals surface area contributed by atoms with Crippen LogP contribution >= 0.6 is 0 Å².